The lowest BCUT2D eigenvalue weighted by Gasteiger charge is -2.29. The van der Waals surface area contributed by atoms with Crippen LogP contribution in [0.25, 0.3) is 0 Å². The Hall–Kier alpha value is -2.44. The SMILES string of the molecule is O=C(O)Cc1ccc(NC(=O)C2CCC(NC(=O)C3CCCC3)CC2)cc1F. The molecule has 6 nitrogen and oxygen atoms in total. The van der Waals surface area contributed by atoms with Crippen LogP contribution in [-0.4, -0.2) is 28.9 Å². The Morgan fingerprint density at radius 2 is 1.61 bits per heavy atom. The van der Waals surface area contributed by atoms with Crippen molar-refractivity contribution in [1.29, 1.82) is 0 Å². The summed E-state index contributed by atoms with van der Waals surface area (Å²) in [6, 6.07) is 4.19. The molecule has 3 rings (SSSR count). The molecule has 0 aliphatic heterocycles. The predicted molar refractivity (Wildman–Crippen MR) is 102 cm³/mol. The number of hydrogen-bond acceptors (Lipinski definition) is 3. The molecule has 2 fully saturated rings. The van der Waals surface area contributed by atoms with Gasteiger partial charge in [0.15, 0.2) is 0 Å². The third kappa shape index (κ3) is 5.30. The zero-order valence-corrected chi connectivity index (χ0v) is 15.9. The zero-order valence-electron chi connectivity index (χ0n) is 15.9. The number of rotatable bonds is 6. The first-order valence-corrected chi connectivity index (χ1v) is 10.0. The molecule has 0 spiro atoms. The average Bonchev–Trinajstić information content (AvgIpc) is 3.19. The second-order valence-electron chi connectivity index (χ2n) is 7.90. The van der Waals surface area contributed by atoms with Crippen molar-refractivity contribution in [3.05, 3.63) is 29.6 Å². The van der Waals surface area contributed by atoms with Crippen LogP contribution < -0.4 is 10.6 Å². The van der Waals surface area contributed by atoms with Crippen LogP contribution in [0.3, 0.4) is 0 Å². The molecule has 152 valence electrons. The van der Waals surface area contributed by atoms with Gasteiger partial charge in [-0.3, -0.25) is 14.4 Å². The number of amides is 2. The van der Waals surface area contributed by atoms with Gasteiger partial charge in [0, 0.05) is 23.6 Å². The van der Waals surface area contributed by atoms with Gasteiger partial charge in [0.05, 0.1) is 6.42 Å². The van der Waals surface area contributed by atoms with E-state index in [-0.39, 0.29) is 35.3 Å². The minimum absolute atomic E-state index is 0.0870. The molecular weight excluding hydrogens is 363 g/mol. The molecule has 1 aromatic rings. The van der Waals surface area contributed by atoms with Crippen LogP contribution >= 0.6 is 0 Å². The molecule has 0 aromatic heterocycles. The standard InChI is InChI=1S/C21H27FN2O4/c22-18-12-17(10-7-15(18)11-19(25)26)24-21(28)14-5-8-16(9-6-14)23-20(27)13-3-1-2-4-13/h7,10,12-14,16H,1-6,8-9,11H2,(H,23,27)(H,24,28)(H,25,26). The summed E-state index contributed by atoms with van der Waals surface area (Å²) in [7, 11) is 0. The summed E-state index contributed by atoms with van der Waals surface area (Å²) in [4.78, 5) is 35.4. The Labute approximate surface area is 163 Å². The van der Waals surface area contributed by atoms with Crippen molar-refractivity contribution in [2.45, 2.75) is 63.8 Å². The molecular formula is C21H27FN2O4. The molecule has 1 aromatic carbocycles. The van der Waals surface area contributed by atoms with Crippen LogP contribution in [0.4, 0.5) is 10.1 Å². The lowest BCUT2D eigenvalue weighted by molar-refractivity contribution is -0.136. The van der Waals surface area contributed by atoms with Crippen LogP contribution in [0.2, 0.25) is 0 Å². The average molecular weight is 390 g/mol. The lowest BCUT2D eigenvalue weighted by Crippen LogP contribution is -2.41. The van der Waals surface area contributed by atoms with E-state index >= 15 is 0 Å². The summed E-state index contributed by atoms with van der Waals surface area (Å²) >= 11 is 0. The number of carbonyl (C=O) groups is 3. The molecule has 0 unspecified atom stereocenters. The highest BCUT2D eigenvalue weighted by Crippen LogP contribution is 2.28. The number of nitrogens with one attached hydrogen (secondary N) is 2. The maximum atomic E-state index is 13.9. The molecule has 3 N–H and O–H groups in total. The highest BCUT2D eigenvalue weighted by molar-refractivity contribution is 5.92. The lowest BCUT2D eigenvalue weighted by atomic mass is 9.85. The van der Waals surface area contributed by atoms with Crippen LogP contribution in [0, 0.1) is 17.7 Å². The molecule has 2 amide bonds. The molecule has 0 bridgehead atoms. The van der Waals surface area contributed by atoms with Crippen molar-refractivity contribution in [2.24, 2.45) is 11.8 Å². The van der Waals surface area contributed by atoms with Crippen molar-refractivity contribution < 1.29 is 23.9 Å². The van der Waals surface area contributed by atoms with Gasteiger partial charge >= 0.3 is 5.97 Å². The van der Waals surface area contributed by atoms with Crippen LogP contribution in [0.1, 0.15) is 56.9 Å². The first-order valence-electron chi connectivity index (χ1n) is 10.0. The smallest absolute Gasteiger partial charge is 0.307 e. The number of carbonyl (C=O) groups excluding carboxylic acids is 2. The maximum Gasteiger partial charge on any atom is 0.307 e. The van der Waals surface area contributed by atoms with E-state index in [0.29, 0.717) is 18.5 Å². The van der Waals surface area contributed by atoms with E-state index in [0.717, 1.165) is 44.6 Å². The van der Waals surface area contributed by atoms with Crippen molar-refractivity contribution in [3.63, 3.8) is 0 Å². The van der Waals surface area contributed by atoms with Gasteiger partial charge in [0.2, 0.25) is 11.8 Å². The normalized spacial score (nSPS) is 22.6. The van der Waals surface area contributed by atoms with Gasteiger partial charge in [-0.1, -0.05) is 18.9 Å². The van der Waals surface area contributed by atoms with Gasteiger partial charge in [-0.05, 0) is 56.2 Å². The number of hydrogen-bond donors (Lipinski definition) is 3. The van der Waals surface area contributed by atoms with E-state index in [2.05, 4.69) is 10.6 Å². The number of anilines is 1. The van der Waals surface area contributed by atoms with Crippen molar-refractivity contribution >= 4 is 23.5 Å². The van der Waals surface area contributed by atoms with E-state index in [1.807, 2.05) is 0 Å². The number of benzene rings is 1. The Morgan fingerprint density at radius 1 is 0.964 bits per heavy atom. The second-order valence-corrected chi connectivity index (χ2v) is 7.90. The fraction of sp³-hybridized carbons (Fsp3) is 0.571. The van der Waals surface area contributed by atoms with Crippen LogP contribution in [0.15, 0.2) is 18.2 Å². The highest BCUT2D eigenvalue weighted by Gasteiger charge is 2.29. The first-order chi connectivity index (χ1) is 13.4. The van der Waals surface area contributed by atoms with Crippen LogP contribution in [0.5, 0.6) is 0 Å². The van der Waals surface area contributed by atoms with E-state index in [1.165, 1.54) is 12.1 Å². The molecule has 2 aliphatic rings. The van der Waals surface area contributed by atoms with Gasteiger partial charge in [0.1, 0.15) is 5.82 Å². The number of aliphatic carboxylic acids is 1. The second kappa shape index (κ2) is 9.17. The van der Waals surface area contributed by atoms with Gasteiger partial charge in [-0.25, -0.2) is 4.39 Å². The van der Waals surface area contributed by atoms with E-state index in [1.54, 1.807) is 0 Å². The Morgan fingerprint density at radius 3 is 2.21 bits per heavy atom. The molecule has 2 saturated carbocycles. The number of halogens is 1. The zero-order chi connectivity index (χ0) is 20.1. The molecule has 0 atom stereocenters. The largest absolute Gasteiger partial charge is 0.481 e. The Kier molecular flexibility index (Phi) is 6.65. The quantitative estimate of drug-likeness (QED) is 0.695. The first kappa shape index (κ1) is 20.3. The highest BCUT2D eigenvalue weighted by atomic mass is 19.1. The fourth-order valence-corrected chi connectivity index (χ4v) is 4.18. The maximum absolute atomic E-state index is 13.9. The van der Waals surface area contributed by atoms with Crippen molar-refractivity contribution in [2.75, 3.05) is 5.32 Å². The molecule has 0 radical (unpaired) electrons. The fourth-order valence-electron chi connectivity index (χ4n) is 4.18. The number of carboxylic acids is 1. The van der Waals surface area contributed by atoms with E-state index in [9.17, 15) is 18.8 Å². The summed E-state index contributed by atoms with van der Waals surface area (Å²) in [6.07, 6.45) is 6.71. The van der Waals surface area contributed by atoms with Gasteiger partial charge in [-0.15, -0.1) is 0 Å². The topological polar surface area (TPSA) is 95.5 Å². The minimum Gasteiger partial charge on any atom is -0.481 e. The number of carboxylic acid groups (broad SMARTS) is 1. The summed E-state index contributed by atoms with van der Waals surface area (Å²) < 4.78 is 13.9. The Bertz CT molecular complexity index is 738. The monoisotopic (exact) mass is 390 g/mol. The van der Waals surface area contributed by atoms with Gasteiger partial charge < -0.3 is 15.7 Å². The minimum atomic E-state index is -1.10. The third-order valence-corrected chi connectivity index (χ3v) is 5.83. The molecule has 0 saturated heterocycles. The molecule has 7 heteroatoms. The molecule has 28 heavy (non-hydrogen) atoms. The van der Waals surface area contributed by atoms with E-state index < -0.39 is 18.2 Å². The van der Waals surface area contributed by atoms with Gasteiger partial charge in [0.25, 0.3) is 0 Å². The van der Waals surface area contributed by atoms with Crippen molar-refractivity contribution in [1.82, 2.24) is 5.32 Å². The Balaban J connectivity index is 1.46. The summed E-state index contributed by atoms with van der Waals surface area (Å²) in [5, 5.41) is 14.6. The van der Waals surface area contributed by atoms with E-state index in [4.69, 9.17) is 5.11 Å². The molecule has 0 heterocycles. The van der Waals surface area contributed by atoms with Crippen molar-refractivity contribution in [3.8, 4) is 0 Å². The van der Waals surface area contributed by atoms with Gasteiger partial charge in [-0.2, -0.15) is 0 Å². The summed E-state index contributed by atoms with van der Waals surface area (Å²) in [6.45, 7) is 0. The summed E-state index contributed by atoms with van der Waals surface area (Å²) in [5.41, 5.74) is 0.414. The summed E-state index contributed by atoms with van der Waals surface area (Å²) in [5.74, 6) is -1.76. The third-order valence-electron chi connectivity index (χ3n) is 5.83. The van der Waals surface area contributed by atoms with Crippen LogP contribution in [-0.2, 0) is 20.8 Å². The predicted octanol–water partition coefficient (Wildman–Crippen LogP) is 3.26. The molecule has 2 aliphatic carbocycles.